The molecule has 0 spiro atoms. The Labute approximate surface area is 126 Å². The van der Waals surface area contributed by atoms with Gasteiger partial charge in [-0.2, -0.15) is 0 Å². The third-order valence-corrected chi connectivity index (χ3v) is 3.92. The maximum atomic E-state index is 14.4. The summed E-state index contributed by atoms with van der Waals surface area (Å²) < 4.78 is 29.7. The van der Waals surface area contributed by atoms with Gasteiger partial charge < -0.3 is 14.8 Å². The molecule has 2 heterocycles. The van der Waals surface area contributed by atoms with Gasteiger partial charge >= 0.3 is 0 Å². The topological polar surface area (TPSA) is 50.2 Å². The standard InChI is InChI=1S/C15H16F2N4O/c1-18-15-12(16)3-2-11(14(15)17)10-6-13(22)21(7-10)9-20-5-4-19-8-20/h2-5,8,10,18H,6-7,9H2,1H3. The molecule has 1 atom stereocenters. The van der Waals surface area contributed by atoms with Crippen molar-refractivity contribution in [3.05, 3.63) is 48.1 Å². The minimum atomic E-state index is -0.636. The molecule has 3 rings (SSSR count). The quantitative estimate of drug-likeness (QED) is 0.942. The molecule has 2 aromatic rings. The van der Waals surface area contributed by atoms with E-state index in [9.17, 15) is 13.6 Å². The summed E-state index contributed by atoms with van der Waals surface area (Å²) in [5, 5.41) is 2.53. The molecule has 1 saturated heterocycles. The number of benzene rings is 1. The molecule has 7 heteroatoms. The van der Waals surface area contributed by atoms with Crippen molar-refractivity contribution in [2.75, 3.05) is 18.9 Å². The number of hydrogen-bond donors (Lipinski definition) is 1. The summed E-state index contributed by atoms with van der Waals surface area (Å²) in [7, 11) is 1.47. The van der Waals surface area contributed by atoms with E-state index in [1.807, 2.05) is 0 Å². The number of imidazole rings is 1. The summed E-state index contributed by atoms with van der Waals surface area (Å²) >= 11 is 0. The Kier molecular flexibility index (Phi) is 3.79. The van der Waals surface area contributed by atoms with Crippen LogP contribution in [-0.4, -0.2) is 34.0 Å². The molecular weight excluding hydrogens is 290 g/mol. The zero-order valence-corrected chi connectivity index (χ0v) is 12.1. The van der Waals surface area contributed by atoms with Crippen molar-refractivity contribution in [2.45, 2.75) is 19.0 Å². The van der Waals surface area contributed by atoms with E-state index in [1.54, 1.807) is 28.2 Å². The van der Waals surface area contributed by atoms with Crippen LogP contribution in [0.2, 0.25) is 0 Å². The molecule has 1 unspecified atom stereocenters. The molecule has 0 saturated carbocycles. The fraction of sp³-hybridized carbons (Fsp3) is 0.333. The monoisotopic (exact) mass is 306 g/mol. The number of amides is 1. The normalized spacial score (nSPS) is 18.0. The number of carbonyl (C=O) groups is 1. The summed E-state index contributed by atoms with van der Waals surface area (Å²) in [6.07, 6.45) is 5.24. The van der Waals surface area contributed by atoms with Gasteiger partial charge in [-0.25, -0.2) is 13.8 Å². The van der Waals surface area contributed by atoms with Crippen molar-refractivity contribution in [2.24, 2.45) is 0 Å². The van der Waals surface area contributed by atoms with Gasteiger partial charge in [0.25, 0.3) is 0 Å². The Morgan fingerprint density at radius 1 is 1.41 bits per heavy atom. The molecule has 0 aliphatic carbocycles. The second-order valence-corrected chi connectivity index (χ2v) is 5.31. The van der Waals surface area contributed by atoms with Crippen molar-refractivity contribution in [3.8, 4) is 0 Å². The zero-order chi connectivity index (χ0) is 15.7. The number of rotatable bonds is 4. The predicted octanol–water partition coefficient (Wildman–Crippen LogP) is 2.18. The maximum absolute atomic E-state index is 14.4. The number of likely N-dealkylation sites (tertiary alicyclic amines) is 1. The van der Waals surface area contributed by atoms with E-state index in [2.05, 4.69) is 10.3 Å². The van der Waals surface area contributed by atoms with Gasteiger partial charge in [-0.05, 0) is 11.6 Å². The number of carbonyl (C=O) groups excluding carboxylic acids is 1. The van der Waals surface area contributed by atoms with Crippen molar-refractivity contribution in [1.82, 2.24) is 14.5 Å². The van der Waals surface area contributed by atoms with Gasteiger partial charge in [0.15, 0.2) is 5.82 Å². The Morgan fingerprint density at radius 3 is 2.91 bits per heavy atom. The highest BCUT2D eigenvalue weighted by atomic mass is 19.1. The summed E-state index contributed by atoms with van der Waals surface area (Å²) in [5.41, 5.74) is 0.213. The van der Waals surface area contributed by atoms with Crippen molar-refractivity contribution in [1.29, 1.82) is 0 Å². The first-order valence-electron chi connectivity index (χ1n) is 6.99. The molecule has 1 amide bonds. The lowest BCUT2D eigenvalue weighted by atomic mass is 9.97. The van der Waals surface area contributed by atoms with Crippen LogP contribution in [-0.2, 0) is 11.5 Å². The first-order valence-corrected chi connectivity index (χ1v) is 6.99. The molecule has 0 bridgehead atoms. The van der Waals surface area contributed by atoms with E-state index >= 15 is 0 Å². The molecular formula is C15H16F2N4O. The van der Waals surface area contributed by atoms with E-state index in [-0.39, 0.29) is 23.9 Å². The van der Waals surface area contributed by atoms with Crippen molar-refractivity contribution >= 4 is 11.6 Å². The fourth-order valence-electron chi connectivity index (χ4n) is 2.80. The second-order valence-electron chi connectivity index (χ2n) is 5.31. The minimum Gasteiger partial charge on any atom is -0.383 e. The Morgan fingerprint density at radius 2 is 2.23 bits per heavy atom. The molecule has 1 aromatic heterocycles. The number of hydrogen-bond acceptors (Lipinski definition) is 3. The minimum absolute atomic E-state index is 0.0477. The summed E-state index contributed by atoms with van der Waals surface area (Å²) in [5.74, 6) is -1.58. The molecule has 5 nitrogen and oxygen atoms in total. The van der Waals surface area contributed by atoms with Crippen LogP contribution in [0.1, 0.15) is 17.9 Å². The smallest absolute Gasteiger partial charge is 0.224 e. The van der Waals surface area contributed by atoms with Crippen LogP contribution in [0.4, 0.5) is 14.5 Å². The lowest BCUT2D eigenvalue weighted by Crippen LogP contribution is -2.27. The molecule has 22 heavy (non-hydrogen) atoms. The number of halogens is 2. The van der Waals surface area contributed by atoms with Crippen LogP contribution in [0.3, 0.4) is 0 Å². The first-order chi connectivity index (χ1) is 10.6. The van der Waals surface area contributed by atoms with Gasteiger partial charge in [0.1, 0.15) is 11.5 Å². The average molecular weight is 306 g/mol. The first kappa shape index (κ1) is 14.5. The number of anilines is 1. The van der Waals surface area contributed by atoms with Crippen molar-refractivity contribution in [3.63, 3.8) is 0 Å². The molecule has 116 valence electrons. The molecule has 1 aliphatic rings. The van der Waals surface area contributed by atoms with Crippen LogP contribution >= 0.6 is 0 Å². The van der Waals surface area contributed by atoms with E-state index in [0.29, 0.717) is 18.8 Å². The number of nitrogens with zero attached hydrogens (tertiary/aromatic N) is 3. The third kappa shape index (κ3) is 2.54. The Hall–Kier alpha value is -2.44. The largest absolute Gasteiger partial charge is 0.383 e. The number of nitrogens with one attached hydrogen (secondary N) is 1. The SMILES string of the molecule is CNc1c(F)ccc(C2CC(=O)N(Cn3ccnc3)C2)c1F. The lowest BCUT2D eigenvalue weighted by molar-refractivity contribution is -0.129. The van der Waals surface area contributed by atoms with Crippen LogP contribution < -0.4 is 5.32 Å². The van der Waals surface area contributed by atoms with Gasteiger partial charge in [-0.3, -0.25) is 4.79 Å². The van der Waals surface area contributed by atoms with E-state index in [1.165, 1.54) is 19.2 Å². The summed E-state index contributed by atoms with van der Waals surface area (Å²) in [6.45, 7) is 0.791. The van der Waals surface area contributed by atoms with Crippen LogP contribution in [0, 0.1) is 11.6 Å². The van der Waals surface area contributed by atoms with Crippen LogP contribution in [0.15, 0.2) is 30.9 Å². The zero-order valence-electron chi connectivity index (χ0n) is 12.1. The van der Waals surface area contributed by atoms with Crippen LogP contribution in [0.5, 0.6) is 0 Å². The fourth-order valence-corrected chi connectivity index (χ4v) is 2.80. The maximum Gasteiger partial charge on any atom is 0.224 e. The highest BCUT2D eigenvalue weighted by Crippen LogP contribution is 2.33. The summed E-state index contributed by atoms with van der Waals surface area (Å²) in [4.78, 5) is 17.7. The van der Waals surface area contributed by atoms with Gasteiger partial charge in [-0.1, -0.05) is 6.07 Å². The highest BCUT2D eigenvalue weighted by Gasteiger charge is 2.33. The molecule has 1 N–H and O–H groups in total. The van der Waals surface area contributed by atoms with Gasteiger partial charge in [-0.15, -0.1) is 0 Å². The van der Waals surface area contributed by atoms with Gasteiger partial charge in [0, 0.05) is 38.3 Å². The summed E-state index contributed by atoms with van der Waals surface area (Å²) in [6, 6.07) is 2.65. The molecule has 0 radical (unpaired) electrons. The van der Waals surface area contributed by atoms with E-state index < -0.39 is 11.6 Å². The highest BCUT2D eigenvalue weighted by molar-refractivity contribution is 5.79. The molecule has 1 aromatic carbocycles. The average Bonchev–Trinajstić information content (AvgIpc) is 3.11. The number of aromatic nitrogens is 2. The predicted molar refractivity (Wildman–Crippen MR) is 77.2 cm³/mol. The van der Waals surface area contributed by atoms with Gasteiger partial charge in [0.05, 0.1) is 13.0 Å². The van der Waals surface area contributed by atoms with E-state index in [0.717, 1.165) is 0 Å². The van der Waals surface area contributed by atoms with E-state index in [4.69, 9.17) is 0 Å². The third-order valence-electron chi connectivity index (χ3n) is 3.92. The Balaban J connectivity index is 1.81. The van der Waals surface area contributed by atoms with Crippen molar-refractivity contribution < 1.29 is 13.6 Å². The van der Waals surface area contributed by atoms with Crippen LogP contribution in [0.25, 0.3) is 0 Å². The Bertz CT molecular complexity index is 687. The second kappa shape index (κ2) is 5.75. The molecule has 1 fully saturated rings. The van der Waals surface area contributed by atoms with Gasteiger partial charge in [0.2, 0.25) is 5.91 Å². The lowest BCUT2D eigenvalue weighted by Gasteiger charge is -2.18. The molecule has 1 aliphatic heterocycles.